The van der Waals surface area contributed by atoms with Gasteiger partial charge in [0.2, 0.25) is 23.0 Å². The third-order valence-corrected chi connectivity index (χ3v) is 7.17. The molecule has 0 bridgehead atoms. The summed E-state index contributed by atoms with van der Waals surface area (Å²) in [6.07, 6.45) is 0. The number of carbonyl (C=O) groups is 10. The Kier molecular flexibility index (Phi) is 16.7. The van der Waals surface area contributed by atoms with Gasteiger partial charge in [0.05, 0.1) is 0 Å². The minimum Gasteiger partial charge on any atom is -0.449 e. The summed E-state index contributed by atoms with van der Waals surface area (Å²) in [5, 5.41) is 0. The van der Waals surface area contributed by atoms with Crippen molar-refractivity contribution in [2.75, 3.05) is 0 Å². The first kappa shape index (κ1) is 50.6. The zero-order valence-corrected chi connectivity index (χ0v) is 37.0. The summed E-state index contributed by atoms with van der Waals surface area (Å²) >= 11 is 0. The molecule has 0 amide bonds. The van der Waals surface area contributed by atoms with Gasteiger partial charge in [0.15, 0.2) is 46.0 Å². The van der Waals surface area contributed by atoms with Gasteiger partial charge in [0, 0.05) is 118 Å². The topological polar surface area (TPSA) is 291 Å². The minimum atomic E-state index is -0.981. The molecular weight excluding hydrogens is 896 g/mol. The smallest absolute Gasteiger partial charge is 0.308 e. The van der Waals surface area contributed by atoms with E-state index in [1.807, 2.05) is 0 Å². The van der Waals surface area contributed by atoms with Gasteiger partial charge in [-0.2, -0.15) is 0 Å². The lowest BCUT2D eigenvalue weighted by atomic mass is 10.2. The summed E-state index contributed by atoms with van der Waals surface area (Å²) in [5.74, 6) is -17.0. The molecule has 0 spiro atoms. The van der Waals surface area contributed by atoms with Gasteiger partial charge in [-0.25, -0.2) is 0 Å². The fourth-order valence-corrected chi connectivity index (χ4v) is 5.36. The van der Waals surface area contributed by atoms with Crippen LogP contribution in [0.15, 0.2) is 48.5 Å². The minimum absolute atomic E-state index is 0.276. The first-order valence-electron chi connectivity index (χ1n) is 19.0. The molecule has 0 aromatic heterocycles. The Morgan fingerprint density at radius 1 is 0.224 bits per heavy atom. The Bertz CT molecular complexity index is 2600. The maximum atomic E-state index is 12.6. The first-order chi connectivity index (χ1) is 31.4. The average molecular weight is 935 g/mol. The van der Waals surface area contributed by atoms with Crippen molar-refractivity contribution in [3.05, 3.63) is 48.5 Å². The molecule has 4 rings (SSSR count). The van der Waals surface area contributed by atoms with E-state index >= 15 is 0 Å². The Balaban J connectivity index is 2.06. The zero-order valence-electron chi connectivity index (χ0n) is 37.0. The fourth-order valence-electron chi connectivity index (χ4n) is 5.36. The molecule has 0 aliphatic rings. The van der Waals surface area contributed by atoms with Crippen LogP contribution < -0.4 is 61.6 Å². The molecule has 0 fully saturated rings. The summed E-state index contributed by atoms with van der Waals surface area (Å²) in [4.78, 5) is 122. The van der Waals surface area contributed by atoms with Crippen LogP contribution in [0.25, 0.3) is 0 Å². The van der Waals surface area contributed by atoms with E-state index in [4.69, 9.17) is 61.6 Å². The summed E-state index contributed by atoms with van der Waals surface area (Å²) in [5.41, 5.74) is 0. The molecule has 23 heteroatoms. The standard InChI is InChI=1S/C44H38O23/c1-19(45)55-29-12-38(62-26(8)52)44(39(13-29)63-27(9)53)67-40-14-30(56-20(2)46)11-35(59-23(5)49)43(40)66-32-17-36(60-24(6)50)42(37(18-32)61-25(7)51)65-31-15-33(57-21(3)47)41(64-28(10)54)34(16-31)58-22(4)48/h11-18H,1-10H3. The van der Waals surface area contributed by atoms with Gasteiger partial charge in [0.25, 0.3) is 0 Å². The summed E-state index contributed by atoms with van der Waals surface area (Å²) in [6, 6.07) is 8.12. The Hall–Kier alpha value is -9.02. The fraction of sp³-hybridized carbons (Fsp3) is 0.227. The molecule has 4 aromatic rings. The molecule has 0 saturated carbocycles. The maximum Gasteiger partial charge on any atom is 0.308 e. The van der Waals surface area contributed by atoms with Crippen LogP contribution in [0.4, 0.5) is 0 Å². The first-order valence-corrected chi connectivity index (χ1v) is 19.0. The molecule has 0 heterocycles. The summed E-state index contributed by atoms with van der Waals surface area (Å²) in [7, 11) is 0. The normalized spacial score (nSPS) is 10.2. The van der Waals surface area contributed by atoms with Crippen molar-refractivity contribution in [2.24, 2.45) is 0 Å². The number of carbonyl (C=O) groups excluding carboxylic acids is 10. The summed E-state index contributed by atoms with van der Waals surface area (Å²) in [6.45, 7) is 10.1. The SMILES string of the molecule is CC(=O)Oc1cc(OC(C)=O)c(Oc2cc(OC(C)=O)c(Oc3cc(OC(C)=O)c(OC(C)=O)c(OC(C)=O)c3)c(OC(C)=O)c2)c(Oc2c(OC(C)=O)cc(OC(C)=O)cc2OC(C)=O)c1. The highest BCUT2D eigenvalue weighted by molar-refractivity contribution is 5.81. The summed E-state index contributed by atoms with van der Waals surface area (Å²) < 4.78 is 71.2. The number of hydrogen-bond donors (Lipinski definition) is 0. The third-order valence-electron chi connectivity index (χ3n) is 7.17. The number of benzene rings is 4. The molecule has 0 unspecified atom stereocenters. The highest BCUT2D eigenvalue weighted by Gasteiger charge is 2.29. The van der Waals surface area contributed by atoms with E-state index in [0.717, 1.165) is 118 Å². The van der Waals surface area contributed by atoms with Gasteiger partial charge in [-0.15, -0.1) is 0 Å². The molecule has 67 heavy (non-hydrogen) atoms. The lowest BCUT2D eigenvalue weighted by molar-refractivity contribution is -0.135. The lowest BCUT2D eigenvalue weighted by Crippen LogP contribution is -2.11. The van der Waals surface area contributed by atoms with Crippen molar-refractivity contribution < 1.29 is 110 Å². The van der Waals surface area contributed by atoms with Gasteiger partial charge in [-0.1, -0.05) is 0 Å². The largest absolute Gasteiger partial charge is 0.449 e. The van der Waals surface area contributed by atoms with Crippen molar-refractivity contribution in [2.45, 2.75) is 69.2 Å². The van der Waals surface area contributed by atoms with Crippen molar-refractivity contribution >= 4 is 59.7 Å². The van der Waals surface area contributed by atoms with E-state index in [1.165, 1.54) is 0 Å². The molecule has 0 aliphatic heterocycles. The maximum absolute atomic E-state index is 12.6. The highest BCUT2D eigenvalue weighted by Crippen LogP contribution is 2.53. The van der Waals surface area contributed by atoms with Crippen molar-refractivity contribution in [1.29, 1.82) is 0 Å². The zero-order chi connectivity index (χ0) is 49.9. The molecular formula is C44H38O23. The van der Waals surface area contributed by atoms with Crippen molar-refractivity contribution in [3.8, 4) is 92.0 Å². The Labute approximate surface area is 378 Å². The van der Waals surface area contributed by atoms with Crippen molar-refractivity contribution in [1.82, 2.24) is 0 Å². The Morgan fingerprint density at radius 3 is 0.672 bits per heavy atom. The van der Waals surface area contributed by atoms with Crippen LogP contribution in [0.1, 0.15) is 69.2 Å². The predicted octanol–water partition coefficient (Wildman–Crippen LogP) is 6.32. The second kappa shape index (κ2) is 22.1. The van der Waals surface area contributed by atoms with Crippen LogP contribution in [0, 0.1) is 0 Å². The van der Waals surface area contributed by atoms with Gasteiger partial charge >= 0.3 is 59.7 Å². The number of esters is 10. The quantitative estimate of drug-likeness (QED) is 0.0877. The number of rotatable bonds is 16. The van der Waals surface area contributed by atoms with Gasteiger partial charge < -0.3 is 61.6 Å². The number of hydrogen-bond acceptors (Lipinski definition) is 23. The van der Waals surface area contributed by atoms with E-state index in [1.54, 1.807) is 0 Å². The second-order valence-corrected chi connectivity index (χ2v) is 13.2. The molecule has 352 valence electrons. The van der Waals surface area contributed by atoms with E-state index in [9.17, 15) is 47.9 Å². The van der Waals surface area contributed by atoms with E-state index < -0.39 is 134 Å². The monoisotopic (exact) mass is 934 g/mol. The molecule has 0 N–H and O–H groups in total. The van der Waals surface area contributed by atoms with Crippen molar-refractivity contribution in [3.63, 3.8) is 0 Å². The average Bonchev–Trinajstić information content (AvgIpc) is 3.14. The van der Waals surface area contributed by atoms with Gasteiger partial charge in [-0.3, -0.25) is 47.9 Å². The lowest BCUT2D eigenvalue weighted by Gasteiger charge is -2.21. The highest BCUT2D eigenvalue weighted by atomic mass is 16.6. The molecule has 0 aliphatic carbocycles. The van der Waals surface area contributed by atoms with Gasteiger partial charge in [0.1, 0.15) is 23.0 Å². The van der Waals surface area contributed by atoms with Crippen LogP contribution in [0.2, 0.25) is 0 Å². The van der Waals surface area contributed by atoms with E-state index in [0.29, 0.717) is 0 Å². The van der Waals surface area contributed by atoms with Crippen LogP contribution in [0.5, 0.6) is 92.0 Å². The predicted molar refractivity (Wildman–Crippen MR) is 219 cm³/mol. The van der Waals surface area contributed by atoms with E-state index in [-0.39, 0.29) is 17.2 Å². The molecule has 4 aromatic carbocycles. The van der Waals surface area contributed by atoms with Gasteiger partial charge in [-0.05, 0) is 0 Å². The second-order valence-electron chi connectivity index (χ2n) is 13.2. The molecule has 0 radical (unpaired) electrons. The molecule has 0 saturated heterocycles. The van der Waals surface area contributed by atoms with Crippen LogP contribution in [-0.4, -0.2) is 59.7 Å². The Morgan fingerprint density at radius 2 is 0.418 bits per heavy atom. The van der Waals surface area contributed by atoms with E-state index in [2.05, 4.69) is 0 Å². The molecule has 0 atom stereocenters. The van der Waals surface area contributed by atoms with Crippen LogP contribution in [-0.2, 0) is 47.9 Å². The third kappa shape index (κ3) is 15.0. The van der Waals surface area contributed by atoms with Crippen LogP contribution in [0.3, 0.4) is 0 Å². The number of ether oxygens (including phenoxy) is 13. The van der Waals surface area contributed by atoms with Crippen LogP contribution >= 0.6 is 0 Å². The molecule has 23 nitrogen and oxygen atoms in total.